The maximum Gasteiger partial charge on any atom is 0.252 e. The largest absolute Gasteiger partial charge is 0.461 e. The summed E-state index contributed by atoms with van der Waals surface area (Å²) >= 11 is 0. The molecule has 0 saturated heterocycles. The van der Waals surface area contributed by atoms with Crippen LogP contribution in [0.5, 0.6) is 0 Å². The number of furan rings is 1. The van der Waals surface area contributed by atoms with Crippen LogP contribution in [0.2, 0.25) is 0 Å². The summed E-state index contributed by atoms with van der Waals surface area (Å²) in [6.45, 7) is 2.62. The Kier molecular flexibility index (Phi) is 4.05. The van der Waals surface area contributed by atoms with Crippen molar-refractivity contribution in [2.75, 3.05) is 0 Å². The standard InChI is InChI=1S/C19H21N3O3/c1-12-8-15-14(4-2-5-18(15)25-12)19(24)21-16-9-13(10-17(16)23)11-22-7-3-6-20-22/h2-8,13,16-17,23H,9-11H2,1H3,(H,21,24)/t13?,16-,17-/m1/s1. The van der Waals surface area contributed by atoms with Crippen LogP contribution in [0.4, 0.5) is 0 Å². The molecule has 6 heteroatoms. The lowest BCUT2D eigenvalue weighted by atomic mass is 10.1. The molecule has 25 heavy (non-hydrogen) atoms. The Hall–Kier alpha value is -2.60. The number of carbonyl (C=O) groups is 1. The number of nitrogens with zero attached hydrogens (tertiary/aromatic N) is 2. The number of hydrogen-bond donors (Lipinski definition) is 2. The first kappa shape index (κ1) is 15.9. The molecule has 2 aromatic heterocycles. The number of amides is 1. The second-order valence-corrected chi connectivity index (χ2v) is 6.79. The molecule has 1 aliphatic carbocycles. The van der Waals surface area contributed by atoms with Crippen molar-refractivity contribution >= 4 is 16.9 Å². The van der Waals surface area contributed by atoms with E-state index >= 15 is 0 Å². The summed E-state index contributed by atoms with van der Waals surface area (Å²) in [6, 6.07) is 8.97. The number of aryl methyl sites for hydroxylation is 1. The number of aromatic nitrogens is 2. The Morgan fingerprint density at radius 2 is 2.28 bits per heavy atom. The van der Waals surface area contributed by atoms with Crippen LogP contribution >= 0.6 is 0 Å². The number of aliphatic hydroxyl groups is 1. The number of nitrogens with one attached hydrogen (secondary N) is 1. The van der Waals surface area contributed by atoms with Gasteiger partial charge in [0.25, 0.3) is 5.91 Å². The minimum Gasteiger partial charge on any atom is -0.461 e. The summed E-state index contributed by atoms with van der Waals surface area (Å²) in [5, 5.41) is 18.3. The molecular formula is C19H21N3O3. The van der Waals surface area contributed by atoms with Crippen LogP contribution in [0.25, 0.3) is 11.0 Å². The van der Waals surface area contributed by atoms with Crippen LogP contribution in [0.1, 0.15) is 29.0 Å². The first-order valence-electron chi connectivity index (χ1n) is 8.55. The smallest absolute Gasteiger partial charge is 0.252 e. The van der Waals surface area contributed by atoms with Crippen LogP contribution in [-0.2, 0) is 6.54 Å². The van der Waals surface area contributed by atoms with Gasteiger partial charge in [-0.2, -0.15) is 5.10 Å². The van der Waals surface area contributed by atoms with Crippen molar-refractivity contribution in [1.29, 1.82) is 0 Å². The fourth-order valence-corrected chi connectivity index (χ4v) is 3.73. The third kappa shape index (κ3) is 3.17. The third-order valence-electron chi connectivity index (χ3n) is 4.88. The molecule has 130 valence electrons. The molecular weight excluding hydrogens is 318 g/mol. The first-order chi connectivity index (χ1) is 12.1. The molecule has 3 aromatic rings. The second-order valence-electron chi connectivity index (χ2n) is 6.79. The lowest BCUT2D eigenvalue weighted by Gasteiger charge is -2.16. The van der Waals surface area contributed by atoms with Crippen LogP contribution in [0.3, 0.4) is 0 Å². The van der Waals surface area contributed by atoms with Gasteiger partial charge in [0.2, 0.25) is 0 Å². The van der Waals surface area contributed by atoms with Crippen molar-refractivity contribution in [3.05, 3.63) is 54.0 Å². The molecule has 1 aliphatic rings. The molecule has 1 unspecified atom stereocenters. The van der Waals surface area contributed by atoms with E-state index in [-0.39, 0.29) is 11.9 Å². The third-order valence-corrected chi connectivity index (χ3v) is 4.88. The predicted molar refractivity (Wildman–Crippen MR) is 93.2 cm³/mol. The molecule has 1 saturated carbocycles. The van der Waals surface area contributed by atoms with E-state index < -0.39 is 6.10 Å². The van der Waals surface area contributed by atoms with Gasteiger partial charge in [-0.1, -0.05) is 6.07 Å². The zero-order valence-electron chi connectivity index (χ0n) is 14.1. The zero-order chi connectivity index (χ0) is 17.4. The predicted octanol–water partition coefficient (Wildman–Crippen LogP) is 2.51. The van der Waals surface area contributed by atoms with Crippen molar-refractivity contribution in [3.8, 4) is 0 Å². The minimum atomic E-state index is -0.533. The van der Waals surface area contributed by atoms with Crippen molar-refractivity contribution in [2.24, 2.45) is 5.92 Å². The van der Waals surface area contributed by atoms with E-state index in [9.17, 15) is 9.90 Å². The summed E-state index contributed by atoms with van der Waals surface area (Å²) in [4.78, 5) is 12.7. The molecule has 6 nitrogen and oxygen atoms in total. The van der Waals surface area contributed by atoms with Gasteiger partial charge in [0.05, 0.1) is 17.7 Å². The minimum absolute atomic E-state index is 0.171. The van der Waals surface area contributed by atoms with Crippen molar-refractivity contribution < 1.29 is 14.3 Å². The average Bonchev–Trinajstić information content (AvgIpc) is 3.28. The zero-order valence-corrected chi connectivity index (χ0v) is 14.1. The van der Waals surface area contributed by atoms with Gasteiger partial charge in [0, 0.05) is 24.3 Å². The normalized spacial score (nSPS) is 23.2. The maximum absolute atomic E-state index is 12.7. The van der Waals surface area contributed by atoms with Crippen molar-refractivity contribution in [2.45, 2.75) is 38.5 Å². The summed E-state index contributed by atoms with van der Waals surface area (Å²) in [6.07, 6.45) is 4.54. The van der Waals surface area contributed by atoms with E-state index in [1.807, 2.05) is 42.1 Å². The number of hydrogen-bond acceptors (Lipinski definition) is 4. The van der Waals surface area contributed by atoms with Crippen molar-refractivity contribution in [1.82, 2.24) is 15.1 Å². The topological polar surface area (TPSA) is 80.3 Å². The number of carbonyl (C=O) groups excluding carboxylic acids is 1. The van der Waals surface area contributed by atoms with Gasteiger partial charge in [-0.25, -0.2) is 0 Å². The molecule has 4 rings (SSSR count). The molecule has 0 bridgehead atoms. The van der Waals surface area contributed by atoms with Gasteiger partial charge in [0.1, 0.15) is 11.3 Å². The number of fused-ring (bicyclic) bond motifs is 1. The van der Waals surface area contributed by atoms with Gasteiger partial charge in [-0.05, 0) is 49.9 Å². The highest BCUT2D eigenvalue weighted by Gasteiger charge is 2.34. The molecule has 1 amide bonds. The monoisotopic (exact) mass is 339 g/mol. The quantitative estimate of drug-likeness (QED) is 0.765. The summed E-state index contributed by atoms with van der Waals surface area (Å²) in [7, 11) is 0. The molecule has 3 atom stereocenters. The van der Waals surface area contributed by atoms with Crippen molar-refractivity contribution in [3.63, 3.8) is 0 Å². The van der Waals surface area contributed by atoms with Crippen LogP contribution in [0, 0.1) is 12.8 Å². The molecule has 0 radical (unpaired) electrons. The molecule has 0 spiro atoms. The summed E-state index contributed by atoms with van der Waals surface area (Å²) < 4.78 is 7.46. The highest BCUT2D eigenvalue weighted by Crippen LogP contribution is 2.28. The highest BCUT2D eigenvalue weighted by molar-refractivity contribution is 6.06. The maximum atomic E-state index is 12.7. The van der Waals surface area contributed by atoms with Gasteiger partial charge in [-0.15, -0.1) is 0 Å². The molecule has 2 N–H and O–H groups in total. The Morgan fingerprint density at radius 3 is 3.08 bits per heavy atom. The second kappa shape index (κ2) is 6.37. The Morgan fingerprint density at radius 1 is 1.40 bits per heavy atom. The molecule has 1 aromatic carbocycles. The van der Waals surface area contributed by atoms with E-state index in [0.29, 0.717) is 23.5 Å². The Balaban J connectivity index is 1.46. The fraction of sp³-hybridized carbons (Fsp3) is 0.368. The van der Waals surface area contributed by atoms with Gasteiger partial charge >= 0.3 is 0 Å². The highest BCUT2D eigenvalue weighted by atomic mass is 16.3. The number of aliphatic hydroxyl groups excluding tert-OH is 1. The van der Waals surface area contributed by atoms with Gasteiger partial charge in [0.15, 0.2) is 0 Å². The SMILES string of the molecule is Cc1cc2c(C(=O)N[C@@H]3CC(Cn4cccn4)C[C@H]3O)cccc2o1. The lowest BCUT2D eigenvalue weighted by Crippen LogP contribution is -2.40. The van der Waals surface area contributed by atoms with Gasteiger partial charge < -0.3 is 14.8 Å². The fourth-order valence-electron chi connectivity index (χ4n) is 3.73. The molecule has 1 fully saturated rings. The number of rotatable bonds is 4. The van der Waals surface area contributed by atoms with Crippen LogP contribution in [0.15, 0.2) is 47.1 Å². The Labute approximate surface area is 145 Å². The van der Waals surface area contributed by atoms with E-state index in [1.165, 1.54) is 0 Å². The van der Waals surface area contributed by atoms with E-state index in [2.05, 4.69) is 10.4 Å². The first-order valence-corrected chi connectivity index (χ1v) is 8.55. The summed E-state index contributed by atoms with van der Waals surface area (Å²) in [5.74, 6) is 0.901. The van der Waals surface area contributed by atoms with Crippen LogP contribution in [-0.4, -0.2) is 32.9 Å². The van der Waals surface area contributed by atoms with Crippen LogP contribution < -0.4 is 5.32 Å². The van der Waals surface area contributed by atoms with E-state index in [1.54, 1.807) is 12.3 Å². The molecule has 0 aliphatic heterocycles. The lowest BCUT2D eigenvalue weighted by molar-refractivity contribution is 0.0874. The number of benzene rings is 1. The Bertz CT molecular complexity index is 885. The van der Waals surface area contributed by atoms with E-state index in [0.717, 1.165) is 24.1 Å². The average molecular weight is 339 g/mol. The summed E-state index contributed by atoms with van der Waals surface area (Å²) in [5.41, 5.74) is 1.28. The van der Waals surface area contributed by atoms with Gasteiger partial charge in [-0.3, -0.25) is 9.48 Å². The molecule has 2 heterocycles. The van der Waals surface area contributed by atoms with E-state index in [4.69, 9.17) is 4.42 Å².